The Morgan fingerprint density at radius 2 is 2.33 bits per heavy atom. The van der Waals surface area contributed by atoms with Crippen LogP contribution >= 0.6 is 11.3 Å². The molecule has 1 amide bonds. The van der Waals surface area contributed by atoms with Gasteiger partial charge >= 0.3 is 0 Å². The van der Waals surface area contributed by atoms with Crippen LogP contribution in [0.4, 0.5) is 0 Å². The first-order valence-corrected chi connectivity index (χ1v) is 6.92. The third-order valence-corrected chi connectivity index (χ3v) is 3.64. The maximum atomic E-state index is 11.6. The first-order chi connectivity index (χ1) is 8.65. The van der Waals surface area contributed by atoms with Gasteiger partial charge in [-0.3, -0.25) is 4.79 Å². The predicted molar refractivity (Wildman–Crippen MR) is 74.2 cm³/mol. The second kappa shape index (κ2) is 7.91. The Balaban J connectivity index is 2.39. The van der Waals surface area contributed by atoms with Gasteiger partial charge in [0.15, 0.2) is 0 Å². The fourth-order valence-corrected chi connectivity index (χ4v) is 2.21. The van der Waals surface area contributed by atoms with E-state index < -0.39 is 0 Å². The van der Waals surface area contributed by atoms with Gasteiger partial charge in [-0.25, -0.2) is 0 Å². The fourth-order valence-electron chi connectivity index (χ4n) is 1.39. The minimum Gasteiger partial charge on any atom is -0.384 e. The zero-order valence-electron chi connectivity index (χ0n) is 10.8. The number of hydrogen-bond acceptors (Lipinski definition) is 3. The van der Waals surface area contributed by atoms with Gasteiger partial charge in [0.25, 0.3) is 0 Å². The van der Waals surface area contributed by atoms with Crippen LogP contribution in [0.2, 0.25) is 0 Å². The number of nitrogens with one attached hydrogen (secondary N) is 1. The van der Waals surface area contributed by atoms with Gasteiger partial charge in [-0.15, -0.1) is 11.3 Å². The summed E-state index contributed by atoms with van der Waals surface area (Å²) in [5.74, 6) is 5.98. The molecule has 1 heterocycles. The SMILES string of the molecule is CCC(C)CC(=O)NCc1ccc(C#CCO)s1. The van der Waals surface area contributed by atoms with Gasteiger partial charge < -0.3 is 10.4 Å². The van der Waals surface area contributed by atoms with E-state index in [1.165, 1.54) is 0 Å². The van der Waals surface area contributed by atoms with Crippen molar-refractivity contribution in [2.45, 2.75) is 33.2 Å². The zero-order valence-corrected chi connectivity index (χ0v) is 11.6. The highest BCUT2D eigenvalue weighted by Gasteiger charge is 2.07. The van der Waals surface area contributed by atoms with Crippen molar-refractivity contribution in [3.8, 4) is 11.8 Å². The lowest BCUT2D eigenvalue weighted by Crippen LogP contribution is -2.23. The summed E-state index contributed by atoms with van der Waals surface area (Å²) in [6.07, 6.45) is 1.60. The fraction of sp³-hybridized carbons (Fsp3) is 0.500. The normalized spacial score (nSPS) is 11.5. The summed E-state index contributed by atoms with van der Waals surface area (Å²) in [5, 5.41) is 11.5. The molecule has 1 aromatic rings. The van der Waals surface area contributed by atoms with Gasteiger partial charge in [-0.1, -0.05) is 32.1 Å². The first-order valence-electron chi connectivity index (χ1n) is 6.10. The van der Waals surface area contributed by atoms with E-state index in [9.17, 15) is 4.79 Å². The number of thiophene rings is 1. The molecular formula is C14H19NO2S. The second-order valence-electron chi connectivity index (χ2n) is 4.22. The number of rotatable bonds is 5. The Morgan fingerprint density at radius 3 is 3.00 bits per heavy atom. The monoisotopic (exact) mass is 265 g/mol. The molecule has 18 heavy (non-hydrogen) atoms. The van der Waals surface area contributed by atoms with E-state index in [4.69, 9.17) is 5.11 Å². The Kier molecular flexibility index (Phi) is 6.48. The van der Waals surface area contributed by atoms with Crippen LogP contribution in [0.25, 0.3) is 0 Å². The van der Waals surface area contributed by atoms with Crippen LogP contribution in [0.3, 0.4) is 0 Å². The molecular weight excluding hydrogens is 246 g/mol. The molecule has 98 valence electrons. The van der Waals surface area contributed by atoms with Crippen molar-refractivity contribution >= 4 is 17.2 Å². The highest BCUT2D eigenvalue weighted by Crippen LogP contribution is 2.15. The summed E-state index contributed by atoms with van der Waals surface area (Å²) >= 11 is 1.54. The quantitative estimate of drug-likeness (QED) is 0.801. The lowest BCUT2D eigenvalue weighted by atomic mass is 10.1. The molecule has 0 aliphatic heterocycles. The van der Waals surface area contributed by atoms with Gasteiger partial charge in [-0.05, 0) is 18.1 Å². The number of carbonyl (C=O) groups is 1. The van der Waals surface area contributed by atoms with E-state index in [2.05, 4.69) is 31.0 Å². The molecule has 1 atom stereocenters. The molecule has 0 saturated heterocycles. The van der Waals surface area contributed by atoms with E-state index in [-0.39, 0.29) is 12.5 Å². The van der Waals surface area contributed by atoms with Crippen LogP contribution in [-0.4, -0.2) is 17.6 Å². The summed E-state index contributed by atoms with van der Waals surface area (Å²) in [6.45, 7) is 4.59. The summed E-state index contributed by atoms with van der Waals surface area (Å²) < 4.78 is 0. The van der Waals surface area contributed by atoms with E-state index in [0.717, 1.165) is 16.2 Å². The van der Waals surface area contributed by atoms with Crippen molar-refractivity contribution < 1.29 is 9.90 Å². The summed E-state index contributed by atoms with van der Waals surface area (Å²) in [4.78, 5) is 13.6. The third-order valence-electron chi connectivity index (χ3n) is 2.64. The van der Waals surface area contributed by atoms with E-state index in [0.29, 0.717) is 18.9 Å². The smallest absolute Gasteiger partial charge is 0.220 e. The summed E-state index contributed by atoms with van der Waals surface area (Å²) in [7, 11) is 0. The average Bonchev–Trinajstić information content (AvgIpc) is 2.81. The maximum Gasteiger partial charge on any atom is 0.220 e. The molecule has 0 bridgehead atoms. The standard InChI is InChI=1S/C14H19NO2S/c1-3-11(2)9-14(17)15-10-13-7-6-12(18-13)5-4-8-16/h6-7,11,16H,3,8-10H2,1-2H3,(H,15,17). The molecule has 0 spiro atoms. The molecule has 0 saturated carbocycles. The second-order valence-corrected chi connectivity index (χ2v) is 5.39. The van der Waals surface area contributed by atoms with Crippen LogP contribution in [0, 0.1) is 17.8 Å². The molecule has 1 rings (SSSR count). The van der Waals surface area contributed by atoms with E-state index in [1.54, 1.807) is 11.3 Å². The number of aliphatic hydroxyl groups is 1. The zero-order chi connectivity index (χ0) is 13.4. The molecule has 4 heteroatoms. The maximum absolute atomic E-state index is 11.6. The topological polar surface area (TPSA) is 49.3 Å². The van der Waals surface area contributed by atoms with Crippen LogP contribution in [0.5, 0.6) is 0 Å². The number of carbonyl (C=O) groups excluding carboxylic acids is 1. The lowest BCUT2D eigenvalue weighted by Gasteiger charge is -2.08. The number of amides is 1. The summed E-state index contributed by atoms with van der Waals surface area (Å²) in [6, 6.07) is 3.86. The van der Waals surface area contributed by atoms with Crippen molar-refractivity contribution in [2.24, 2.45) is 5.92 Å². The Morgan fingerprint density at radius 1 is 1.56 bits per heavy atom. The van der Waals surface area contributed by atoms with Crippen molar-refractivity contribution in [3.63, 3.8) is 0 Å². The van der Waals surface area contributed by atoms with Gasteiger partial charge in [0, 0.05) is 11.3 Å². The molecule has 1 unspecified atom stereocenters. The Labute approximate surface area is 112 Å². The molecule has 0 aliphatic rings. The number of hydrogen-bond donors (Lipinski definition) is 2. The summed E-state index contributed by atoms with van der Waals surface area (Å²) in [5.41, 5.74) is 0. The van der Waals surface area contributed by atoms with Crippen molar-refractivity contribution in [2.75, 3.05) is 6.61 Å². The highest BCUT2D eigenvalue weighted by atomic mass is 32.1. The molecule has 0 aromatic carbocycles. The molecule has 0 radical (unpaired) electrons. The van der Waals surface area contributed by atoms with Crippen molar-refractivity contribution in [1.29, 1.82) is 0 Å². The lowest BCUT2D eigenvalue weighted by molar-refractivity contribution is -0.122. The number of aliphatic hydroxyl groups excluding tert-OH is 1. The van der Waals surface area contributed by atoms with Crippen LogP contribution in [0.1, 0.15) is 36.4 Å². The molecule has 3 nitrogen and oxygen atoms in total. The van der Waals surface area contributed by atoms with Crippen LogP contribution in [-0.2, 0) is 11.3 Å². The Hall–Kier alpha value is -1.31. The highest BCUT2D eigenvalue weighted by molar-refractivity contribution is 7.12. The Bertz CT molecular complexity index is 442. The van der Waals surface area contributed by atoms with E-state index in [1.807, 2.05) is 12.1 Å². The predicted octanol–water partition coefficient (Wildman–Crippen LogP) is 2.14. The largest absolute Gasteiger partial charge is 0.384 e. The van der Waals surface area contributed by atoms with Crippen LogP contribution < -0.4 is 5.32 Å². The molecule has 0 fully saturated rings. The van der Waals surface area contributed by atoms with Crippen molar-refractivity contribution in [1.82, 2.24) is 5.32 Å². The van der Waals surface area contributed by atoms with E-state index >= 15 is 0 Å². The van der Waals surface area contributed by atoms with Gasteiger partial charge in [0.2, 0.25) is 5.91 Å². The first kappa shape index (κ1) is 14.7. The molecule has 0 aliphatic carbocycles. The van der Waals surface area contributed by atoms with Gasteiger partial charge in [0.05, 0.1) is 11.4 Å². The van der Waals surface area contributed by atoms with Crippen molar-refractivity contribution in [3.05, 3.63) is 21.9 Å². The molecule has 2 N–H and O–H groups in total. The van der Waals surface area contributed by atoms with Crippen LogP contribution in [0.15, 0.2) is 12.1 Å². The van der Waals surface area contributed by atoms with Gasteiger partial charge in [-0.2, -0.15) is 0 Å². The average molecular weight is 265 g/mol. The minimum atomic E-state index is -0.126. The third kappa shape index (κ3) is 5.35. The minimum absolute atomic E-state index is 0.0979. The van der Waals surface area contributed by atoms with Gasteiger partial charge in [0.1, 0.15) is 6.61 Å². The molecule has 1 aromatic heterocycles.